The number of nitrogens with one attached hydrogen (secondary N) is 1. The summed E-state index contributed by atoms with van der Waals surface area (Å²) in [7, 11) is 0. The number of fused-ring (bicyclic) bond motifs is 1. The highest BCUT2D eigenvalue weighted by atomic mass is 32.1. The second-order valence-electron chi connectivity index (χ2n) is 5.16. The number of benzene rings is 1. The maximum Gasteiger partial charge on any atom is 0.0762 e. The van der Waals surface area contributed by atoms with E-state index in [0.717, 1.165) is 19.5 Å². The molecule has 0 fully saturated rings. The predicted octanol–water partition coefficient (Wildman–Crippen LogP) is 4.21. The molecule has 2 aromatic heterocycles. The molecule has 3 aromatic rings. The topological polar surface area (TPSA) is 29.9 Å². The zero-order valence-corrected chi connectivity index (χ0v) is 13.4. The Morgan fingerprint density at radius 3 is 2.90 bits per heavy atom. The van der Waals surface area contributed by atoms with Crippen LogP contribution in [-0.4, -0.2) is 16.3 Å². The SMILES string of the molecule is CCCn1nccc1C(NCC)c1csc2ccccc12. The Morgan fingerprint density at radius 2 is 2.10 bits per heavy atom. The highest BCUT2D eigenvalue weighted by molar-refractivity contribution is 7.17. The van der Waals surface area contributed by atoms with Gasteiger partial charge in [-0.05, 0) is 41.4 Å². The zero-order chi connectivity index (χ0) is 14.7. The highest BCUT2D eigenvalue weighted by Gasteiger charge is 2.20. The third kappa shape index (κ3) is 2.74. The Morgan fingerprint density at radius 1 is 1.24 bits per heavy atom. The van der Waals surface area contributed by atoms with Crippen LogP contribution < -0.4 is 5.32 Å². The van der Waals surface area contributed by atoms with Gasteiger partial charge in [-0.1, -0.05) is 32.0 Å². The van der Waals surface area contributed by atoms with Crippen molar-refractivity contribution in [2.24, 2.45) is 0 Å². The Kier molecular flexibility index (Phi) is 4.36. The predicted molar refractivity (Wildman–Crippen MR) is 89.9 cm³/mol. The van der Waals surface area contributed by atoms with Crippen LogP contribution in [0.5, 0.6) is 0 Å². The van der Waals surface area contributed by atoms with E-state index in [9.17, 15) is 0 Å². The van der Waals surface area contributed by atoms with Gasteiger partial charge in [0.1, 0.15) is 0 Å². The van der Waals surface area contributed by atoms with Crippen LogP contribution >= 0.6 is 11.3 Å². The lowest BCUT2D eigenvalue weighted by molar-refractivity contribution is 0.522. The van der Waals surface area contributed by atoms with Gasteiger partial charge in [0.05, 0.1) is 11.7 Å². The highest BCUT2D eigenvalue weighted by Crippen LogP contribution is 2.33. The smallest absolute Gasteiger partial charge is 0.0762 e. The molecule has 1 atom stereocenters. The lowest BCUT2D eigenvalue weighted by Crippen LogP contribution is -2.24. The van der Waals surface area contributed by atoms with Crippen molar-refractivity contribution in [1.29, 1.82) is 0 Å². The first-order chi connectivity index (χ1) is 10.3. The fraction of sp³-hybridized carbons (Fsp3) is 0.353. The van der Waals surface area contributed by atoms with E-state index in [-0.39, 0.29) is 6.04 Å². The van der Waals surface area contributed by atoms with Crippen LogP contribution in [0.2, 0.25) is 0 Å². The molecule has 1 aromatic carbocycles. The van der Waals surface area contributed by atoms with Crippen LogP contribution in [0.1, 0.15) is 37.6 Å². The van der Waals surface area contributed by atoms with Gasteiger partial charge >= 0.3 is 0 Å². The van der Waals surface area contributed by atoms with Gasteiger partial charge in [-0.2, -0.15) is 5.10 Å². The van der Waals surface area contributed by atoms with E-state index in [4.69, 9.17) is 0 Å². The van der Waals surface area contributed by atoms with E-state index in [1.165, 1.54) is 21.3 Å². The summed E-state index contributed by atoms with van der Waals surface area (Å²) in [6.45, 7) is 6.24. The second-order valence-corrected chi connectivity index (χ2v) is 6.07. The molecule has 110 valence electrons. The Labute approximate surface area is 129 Å². The van der Waals surface area contributed by atoms with Gasteiger partial charge in [0.2, 0.25) is 0 Å². The fourth-order valence-electron chi connectivity index (χ4n) is 2.79. The number of thiophene rings is 1. The number of hydrogen-bond acceptors (Lipinski definition) is 3. The molecule has 0 spiro atoms. The molecule has 0 amide bonds. The minimum Gasteiger partial charge on any atom is -0.305 e. The first kappa shape index (κ1) is 14.3. The number of aryl methyl sites for hydroxylation is 1. The van der Waals surface area contributed by atoms with Crippen molar-refractivity contribution in [2.75, 3.05) is 6.54 Å². The quantitative estimate of drug-likeness (QED) is 0.739. The van der Waals surface area contributed by atoms with Crippen LogP contribution in [0.15, 0.2) is 41.9 Å². The van der Waals surface area contributed by atoms with Crippen LogP contribution in [0.4, 0.5) is 0 Å². The Bertz CT molecular complexity index is 713. The van der Waals surface area contributed by atoms with Gasteiger partial charge in [-0.3, -0.25) is 4.68 Å². The van der Waals surface area contributed by atoms with Crippen LogP contribution in [0.25, 0.3) is 10.1 Å². The average molecular weight is 299 g/mol. The summed E-state index contributed by atoms with van der Waals surface area (Å²) in [5.41, 5.74) is 2.61. The van der Waals surface area contributed by atoms with Gasteiger partial charge in [-0.15, -0.1) is 11.3 Å². The standard InChI is InChI=1S/C17H21N3S/c1-3-11-20-15(9-10-19-20)17(18-4-2)14-12-21-16-8-6-5-7-13(14)16/h5-10,12,17-18H,3-4,11H2,1-2H3. The van der Waals surface area contributed by atoms with Crippen LogP contribution in [-0.2, 0) is 6.54 Å². The van der Waals surface area contributed by atoms with Crippen molar-refractivity contribution >= 4 is 21.4 Å². The maximum atomic E-state index is 4.48. The normalized spacial score (nSPS) is 12.9. The second kappa shape index (κ2) is 6.41. The molecule has 0 bridgehead atoms. The van der Waals surface area contributed by atoms with E-state index in [2.05, 4.69) is 64.7 Å². The number of hydrogen-bond donors (Lipinski definition) is 1. The molecule has 3 rings (SSSR count). The summed E-state index contributed by atoms with van der Waals surface area (Å²) >= 11 is 1.81. The third-order valence-electron chi connectivity index (χ3n) is 3.71. The van der Waals surface area contributed by atoms with Crippen molar-refractivity contribution in [1.82, 2.24) is 15.1 Å². The summed E-state index contributed by atoms with van der Waals surface area (Å²) in [5.74, 6) is 0. The molecule has 1 N–H and O–H groups in total. The van der Waals surface area contributed by atoms with E-state index in [0.29, 0.717) is 0 Å². The lowest BCUT2D eigenvalue weighted by Gasteiger charge is -2.19. The molecule has 0 aliphatic carbocycles. The minimum atomic E-state index is 0.209. The van der Waals surface area contributed by atoms with Crippen molar-refractivity contribution in [3.8, 4) is 0 Å². The molecule has 0 aliphatic heterocycles. The summed E-state index contributed by atoms with van der Waals surface area (Å²) in [5, 5.41) is 11.7. The molecular formula is C17H21N3S. The first-order valence-electron chi connectivity index (χ1n) is 7.56. The molecule has 0 saturated heterocycles. The number of nitrogens with zero attached hydrogens (tertiary/aromatic N) is 2. The zero-order valence-electron chi connectivity index (χ0n) is 12.5. The van der Waals surface area contributed by atoms with Crippen molar-refractivity contribution in [3.63, 3.8) is 0 Å². The largest absolute Gasteiger partial charge is 0.305 e. The van der Waals surface area contributed by atoms with E-state index in [1.54, 1.807) is 0 Å². The van der Waals surface area contributed by atoms with Gasteiger partial charge < -0.3 is 5.32 Å². The molecule has 0 aliphatic rings. The summed E-state index contributed by atoms with van der Waals surface area (Å²) < 4.78 is 3.47. The number of aromatic nitrogens is 2. The van der Waals surface area contributed by atoms with Gasteiger partial charge in [0, 0.05) is 17.4 Å². The Balaban J connectivity index is 2.07. The molecule has 1 unspecified atom stereocenters. The third-order valence-corrected chi connectivity index (χ3v) is 4.69. The maximum absolute atomic E-state index is 4.48. The minimum absolute atomic E-state index is 0.209. The molecule has 0 saturated carbocycles. The van der Waals surface area contributed by atoms with Gasteiger partial charge in [0.15, 0.2) is 0 Å². The molecule has 3 nitrogen and oxygen atoms in total. The summed E-state index contributed by atoms with van der Waals surface area (Å²) in [6.07, 6.45) is 3.00. The average Bonchev–Trinajstić information content (AvgIpc) is 3.12. The lowest BCUT2D eigenvalue weighted by atomic mass is 10.0. The van der Waals surface area contributed by atoms with Gasteiger partial charge in [0.25, 0.3) is 0 Å². The molecule has 21 heavy (non-hydrogen) atoms. The van der Waals surface area contributed by atoms with E-state index >= 15 is 0 Å². The molecule has 2 heterocycles. The molecule has 4 heteroatoms. The van der Waals surface area contributed by atoms with Crippen molar-refractivity contribution < 1.29 is 0 Å². The summed E-state index contributed by atoms with van der Waals surface area (Å²) in [4.78, 5) is 0. The van der Waals surface area contributed by atoms with Crippen LogP contribution in [0, 0.1) is 0 Å². The summed E-state index contributed by atoms with van der Waals surface area (Å²) in [6, 6.07) is 11.0. The van der Waals surface area contributed by atoms with Gasteiger partial charge in [-0.25, -0.2) is 0 Å². The number of rotatable bonds is 6. The Hall–Kier alpha value is -1.65. The fourth-order valence-corrected chi connectivity index (χ4v) is 3.77. The molecular weight excluding hydrogens is 278 g/mol. The monoisotopic (exact) mass is 299 g/mol. The van der Waals surface area contributed by atoms with Crippen molar-refractivity contribution in [3.05, 3.63) is 53.2 Å². The van der Waals surface area contributed by atoms with E-state index in [1.807, 2.05) is 17.5 Å². The first-order valence-corrected chi connectivity index (χ1v) is 8.44. The van der Waals surface area contributed by atoms with Crippen molar-refractivity contribution in [2.45, 2.75) is 32.9 Å². The van der Waals surface area contributed by atoms with E-state index < -0.39 is 0 Å². The van der Waals surface area contributed by atoms with Crippen LogP contribution in [0.3, 0.4) is 0 Å². The molecule has 0 radical (unpaired) electrons.